The van der Waals surface area contributed by atoms with E-state index in [1.54, 1.807) is 6.92 Å². The minimum absolute atomic E-state index is 0.141. The SMILES string of the molecule is CC(=O)N1CCN(c2ccc(-c3cc(-c4cnn(C)c4)cn4ncc(C5CC5)c34)cn2)CC1. The standard InChI is InChI=1S/C25H27N7O/c1-17(33)30-7-9-31(10-8-30)24-6-5-19(12-26-24)22-11-20(21-13-27-29(2)15-21)16-32-25(22)23(14-28-32)18-3-4-18/h5-6,11-16,18H,3-4,7-10H2,1-2H3. The molecule has 33 heavy (non-hydrogen) atoms. The van der Waals surface area contributed by atoms with Crippen LogP contribution in [-0.4, -0.2) is 61.4 Å². The predicted octanol–water partition coefficient (Wildman–Crippen LogP) is 3.34. The second-order valence-corrected chi connectivity index (χ2v) is 9.11. The number of anilines is 1. The van der Waals surface area contributed by atoms with E-state index < -0.39 is 0 Å². The van der Waals surface area contributed by atoms with Gasteiger partial charge in [-0.05, 0) is 37.0 Å². The Morgan fingerprint density at radius 2 is 1.76 bits per heavy atom. The lowest BCUT2D eigenvalue weighted by molar-refractivity contribution is -0.129. The molecule has 0 unspecified atom stereocenters. The summed E-state index contributed by atoms with van der Waals surface area (Å²) in [6, 6.07) is 6.49. The van der Waals surface area contributed by atoms with Gasteiger partial charge in [0.15, 0.2) is 0 Å². The zero-order valence-electron chi connectivity index (χ0n) is 19.0. The monoisotopic (exact) mass is 441 g/mol. The van der Waals surface area contributed by atoms with Crippen LogP contribution < -0.4 is 4.90 Å². The van der Waals surface area contributed by atoms with E-state index >= 15 is 0 Å². The van der Waals surface area contributed by atoms with E-state index in [2.05, 4.69) is 34.4 Å². The van der Waals surface area contributed by atoms with Crippen molar-refractivity contribution >= 4 is 17.2 Å². The highest BCUT2D eigenvalue weighted by molar-refractivity contribution is 5.86. The minimum Gasteiger partial charge on any atom is -0.353 e. The van der Waals surface area contributed by atoms with Crippen molar-refractivity contribution in [1.82, 2.24) is 29.3 Å². The first-order valence-electron chi connectivity index (χ1n) is 11.5. The van der Waals surface area contributed by atoms with Gasteiger partial charge in [0.25, 0.3) is 0 Å². The largest absolute Gasteiger partial charge is 0.353 e. The lowest BCUT2D eigenvalue weighted by Crippen LogP contribution is -2.48. The molecule has 0 N–H and O–H groups in total. The molecular weight excluding hydrogens is 414 g/mol. The average Bonchev–Trinajstić information content (AvgIpc) is 3.44. The van der Waals surface area contributed by atoms with Crippen LogP contribution in [0.1, 0.15) is 31.2 Å². The Balaban J connectivity index is 1.37. The summed E-state index contributed by atoms with van der Waals surface area (Å²) in [5.41, 5.74) is 6.88. The number of aromatic nitrogens is 5. The molecule has 6 rings (SSSR count). The van der Waals surface area contributed by atoms with Crippen LogP contribution in [0.2, 0.25) is 0 Å². The van der Waals surface area contributed by atoms with Crippen molar-refractivity contribution in [2.24, 2.45) is 7.05 Å². The summed E-state index contributed by atoms with van der Waals surface area (Å²) in [4.78, 5) is 20.6. The van der Waals surface area contributed by atoms with Crippen molar-refractivity contribution in [2.45, 2.75) is 25.7 Å². The summed E-state index contributed by atoms with van der Waals surface area (Å²) in [6.07, 6.45) is 12.5. The number of nitrogens with zero attached hydrogens (tertiary/aromatic N) is 7. The van der Waals surface area contributed by atoms with Crippen molar-refractivity contribution in [2.75, 3.05) is 31.1 Å². The molecule has 0 atom stereocenters. The van der Waals surface area contributed by atoms with Gasteiger partial charge in [0.05, 0.1) is 17.9 Å². The van der Waals surface area contributed by atoms with E-state index in [0.29, 0.717) is 5.92 Å². The summed E-state index contributed by atoms with van der Waals surface area (Å²) < 4.78 is 3.83. The third-order valence-corrected chi connectivity index (χ3v) is 6.80. The first kappa shape index (κ1) is 20.0. The molecule has 2 fully saturated rings. The number of amides is 1. The second kappa shape index (κ2) is 7.72. The number of carbonyl (C=O) groups excluding carboxylic acids is 1. The first-order chi connectivity index (χ1) is 16.1. The van der Waals surface area contributed by atoms with E-state index in [4.69, 9.17) is 10.1 Å². The minimum atomic E-state index is 0.141. The van der Waals surface area contributed by atoms with Crippen molar-refractivity contribution in [3.63, 3.8) is 0 Å². The summed E-state index contributed by atoms with van der Waals surface area (Å²) >= 11 is 0. The molecule has 8 nitrogen and oxygen atoms in total. The Morgan fingerprint density at radius 1 is 0.939 bits per heavy atom. The fourth-order valence-electron chi connectivity index (χ4n) is 4.77. The van der Waals surface area contributed by atoms with Gasteiger partial charge in [-0.15, -0.1) is 0 Å². The number of carbonyl (C=O) groups is 1. The van der Waals surface area contributed by atoms with Gasteiger partial charge >= 0.3 is 0 Å². The van der Waals surface area contributed by atoms with Crippen LogP contribution in [-0.2, 0) is 11.8 Å². The van der Waals surface area contributed by atoms with Crippen LogP contribution in [0.3, 0.4) is 0 Å². The highest BCUT2D eigenvalue weighted by Crippen LogP contribution is 2.44. The fraction of sp³-hybridized carbons (Fsp3) is 0.360. The Hall–Kier alpha value is -3.68. The van der Waals surface area contributed by atoms with Crippen molar-refractivity contribution in [3.8, 4) is 22.3 Å². The maximum Gasteiger partial charge on any atom is 0.219 e. The molecule has 4 aromatic rings. The molecule has 1 aliphatic heterocycles. The number of hydrogen-bond acceptors (Lipinski definition) is 5. The summed E-state index contributed by atoms with van der Waals surface area (Å²) in [7, 11) is 1.93. The number of hydrogen-bond donors (Lipinski definition) is 0. The molecule has 8 heteroatoms. The van der Waals surface area contributed by atoms with Crippen molar-refractivity contribution in [3.05, 3.63) is 54.7 Å². The highest BCUT2D eigenvalue weighted by atomic mass is 16.2. The van der Waals surface area contributed by atoms with Crippen LogP contribution in [0.4, 0.5) is 5.82 Å². The zero-order chi connectivity index (χ0) is 22.5. The maximum absolute atomic E-state index is 11.6. The number of pyridine rings is 2. The summed E-state index contributed by atoms with van der Waals surface area (Å²) in [6.45, 7) is 4.73. The predicted molar refractivity (Wildman–Crippen MR) is 127 cm³/mol. The van der Waals surface area contributed by atoms with E-state index in [1.165, 1.54) is 23.9 Å². The molecule has 4 aromatic heterocycles. The number of aryl methyl sites for hydroxylation is 1. The van der Waals surface area contributed by atoms with Crippen molar-refractivity contribution < 1.29 is 4.79 Å². The molecule has 168 valence electrons. The Kier molecular flexibility index (Phi) is 4.67. The first-order valence-corrected chi connectivity index (χ1v) is 11.5. The molecule has 0 bridgehead atoms. The highest BCUT2D eigenvalue weighted by Gasteiger charge is 2.28. The van der Waals surface area contributed by atoms with Crippen LogP contribution in [0, 0.1) is 0 Å². The van der Waals surface area contributed by atoms with E-state index in [0.717, 1.165) is 54.3 Å². The Labute approximate surface area is 192 Å². The average molecular weight is 442 g/mol. The zero-order valence-corrected chi connectivity index (χ0v) is 19.0. The molecule has 0 aromatic carbocycles. The molecule has 1 saturated heterocycles. The van der Waals surface area contributed by atoms with E-state index in [1.807, 2.05) is 45.9 Å². The lowest BCUT2D eigenvalue weighted by atomic mass is 10.00. The third kappa shape index (κ3) is 3.65. The third-order valence-electron chi connectivity index (χ3n) is 6.80. The molecular formula is C25H27N7O. The molecule has 1 aliphatic carbocycles. The molecule has 1 amide bonds. The second-order valence-electron chi connectivity index (χ2n) is 9.11. The molecule has 2 aliphatic rings. The van der Waals surface area contributed by atoms with E-state index in [9.17, 15) is 4.79 Å². The quantitative estimate of drug-likeness (QED) is 0.486. The molecule has 0 radical (unpaired) electrons. The maximum atomic E-state index is 11.6. The van der Waals surface area contributed by atoms with Gasteiger partial charge in [-0.25, -0.2) is 9.50 Å². The molecule has 0 spiro atoms. The Morgan fingerprint density at radius 3 is 2.39 bits per heavy atom. The van der Waals surface area contributed by atoms with Crippen LogP contribution >= 0.6 is 0 Å². The van der Waals surface area contributed by atoms with Crippen LogP contribution in [0.5, 0.6) is 0 Å². The van der Waals surface area contributed by atoms with E-state index in [-0.39, 0.29) is 5.91 Å². The lowest BCUT2D eigenvalue weighted by Gasteiger charge is -2.34. The number of rotatable bonds is 4. The van der Waals surface area contributed by atoms with Crippen LogP contribution in [0.25, 0.3) is 27.8 Å². The van der Waals surface area contributed by atoms with Gasteiger partial charge in [0.1, 0.15) is 5.82 Å². The van der Waals surface area contributed by atoms with Gasteiger partial charge in [0.2, 0.25) is 5.91 Å². The van der Waals surface area contributed by atoms with Gasteiger partial charge in [0, 0.05) is 86.6 Å². The Bertz CT molecular complexity index is 1320. The number of fused-ring (bicyclic) bond motifs is 1. The van der Waals surface area contributed by atoms with Crippen LogP contribution in [0.15, 0.2) is 49.2 Å². The van der Waals surface area contributed by atoms with Gasteiger partial charge < -0.3 is 9.80 Å². The molecule has 1 saturated carbocycles. The normalized spacial score (nSPS) is 16.5. The van der Waals surface area contributed by atoms with Gasteiger partial charge in [-0.3, -0.25) is 9.48 Å². The topological polar surface area (TPSA) is 71.6 Å². The molecule has 5 heterocycles. The van der Waals surface area contributed by atoms with Crippen molar-refractivity contribution in [1.29, 1.82) is 0 Å². The summed E-state index contributed by atoms with van der Waals surface area (Å²) in [5, 5.41) is 9.04. The summed E-state index contributed by atoms with van der Waals surface area (Å²) in [5.74, 6) is 1.70. The number of piperazine rings is 1. The van der Waals surface area contributed by atoms with Gasteiger partial charge in [-0.2, -0.15) is 10.2 Å². The fourth-order valence-corrected chi connectivity index (χ4v) is 4.77. The van der Waals surface area contributed by atoms with Gasteiger partial charge in [-0.1, -0.05) is 0 Å². The smallest absolute Gasteiger partial charge is 0.219 e.